The molecule has 0 aliphatic heterocycles. The van der Waals surface area contributed by atoms with Crippen LogP contribution in [-0.4, -0.2) is 25.7 Å². The number of carbonyl (C=O) groups is 1. The number of anilines is 2. The molecule has 2 heterocycles. The number of hydrogen-bond acceptors (Lipinski definition) is 6. The zero-order valence-corrected chi connectivity index (χ0v) is 18.6. The third kappa shape index (κ3) is 4.12. The van der Waals surface area contributed by atoms with Gasteiger partial charge in [0.15, 0.2) is 5.78 Å². The number of fused-ring (bicyclic) bond motifs is 2. The minimum Gasteiger partial charge on any atom is -0.294 e. The zero-order valence-electron chi connectivity index (χ0n) is 18.6. The lowest BCUT2D eigenvalue weighted by Gasteiger charge is -2.23. The summed E-state index contributed by atoms with van der Waals surface area (Å²) in [6, 6.07) is 24.1. The second-order valence-corrected chi connectivity index (χ2v) is 8.54. The van der Waals surface area contributed by atoms with E-state index < -0.39 is 0 Å². The monoisotopic (exact) mass is 461 g/mol. The summed E-state index contributed by atoms with van der Waals surface area (Å²) in [6.07, 6.45) is 2.48. The molecule has 0 unspecified atom stereocenters. The van der Waals surface area contributed by atoms with E-state index in [-0.39, 0.29) is 17.5 Å². The van der Waals surface area contributed by atoms with Gasteiger partial charge >= 0.3 is 0 Å². The maximum atomic E-state index is 13.4. The summed E-state index contributed by atoms with van der Waals surface area (Å²) in [4.78, 5) is 31.2. The first-order chi connectivity index (χ1) is 17.1. The van der Waals surface area contributed by atoms with Crippen LogP contribution >= 0.6 is 0 Å². The fourth-order valence-corrected chi connectivity index (χ4v) is 4.52. The summed E-state index contributed by atoms with van der Waals surface area (Å²) in [7, 11) is 0. The quantitative estimate of drug-likeness (QED) is 0.360. The Morgan fingerprint density at radius 1 is 0.800 bits per heavy atom. The highest BCUT2D eigenvalue weighted by Crippen LogP contribution is 2.33. The van der Waals surface area contributed by atoms with Crippen molar-refractivity contribution in [2.24, 2.45) is 0 Å². The lowest BCUT2D eigenvalue weighted by Crippen LogP contribution is -2.21. The molecule has 6 rings (SSSR count). The van der Waals surface area contributed by atoms with Crippen LogP contribution in [0.1, 0.15) is 34.0 Å². The molecular formula is C28H20FN5O. The lowest BCUT2D eigenvalue weighted by atomic mass is 9.82. The van der Waals surface area contributed by atoms with Gasteiger partial charge < -0.3 is 0 Å². The van der Waals surface area contributed by atoms with Gasteiger partial charge in [-0.05, 0) is 36.1 Å². The van der Waals surface area contributed by atoms with Crippen LogP contribution in [0.5, 0.6) is 0 Å². The van der Waals surface area contributed by atoms with Gasteiger partial charge in [-0.25, -0.2) is 24.3 Å². The Kier molecular flexibility index (Phi) is 5.22. The molecule has 170 valence electrons. The number of Topliss-reactive ketones (excluding diaryl/α,β-unsaturated/α-hetero) is 1. The summed E-state index contributed by atoms with van der Waals surface area (Å²) in [5, 5.41) is 4.08. The molecule has 1 atom stereocenters. The van der Waals surface area contributed by atoms with Crippen molar-refractivity contribution < 1.29 is 9.18 Å². The maximum absolute atomic E-state index is 13.4. The van der Waals surface area contributed by atoms with Gasteiger partial charge in [0.2, 0.25) is 11.9 Å². The molecule has 0 saturated heterocycles. The van der Waals surface area contributed by atoms with E-state index in [1.54, 1.807) is 18.3 Å². The second kappa shape index (κ2) is 8.68. The highest BCUT2D eigenvalue weighted by molar-refractivity contribution is 5.98. The molecule has 6 nitrogen and oxygen atoms in total. The summed E-state index contributed by atoms with van der Waals surface area (Å²) in [5.41, 5.74) is 4.70. The predicted octanol–water partition coefficient (Wildman–Crippen LogP) is 5.88. The molecule has 3 aromatic carbocycles. The summed E-state index contributed by atoms with van der Waals surface area (Å²) < 4.78 is 13.4. The molecule has 0 bridgehead atoms. The molecule has 0 radical (unpaired) electrons. The SMILES string of the molecule is O=C1C[C@@H](c2ccc(F)cc2)Cc2nc(Nc3nc(-c4ccccc4)c4ccccc4n3)ncc21. The largest absolute Gasteiger partial charge is 0.294 e. The van der Waals surface area contributed by atoms with Gasteiger partial charge in [-0.3, -0.25) is 10.1 Å². The van der Waals surface area contributed by atoms with E-state index in [9.17, 15) is 9.18 Å². The summed E-state index contributed by atoms with van der Waals surface area (Å²) in [6.45, 7) is 0. The Hall–Kier alpha value is -4.52. The second-order valence-electron chi connectivity index (χ2n) is 8.54. The smallest absolute Gasteiger partial charge is 0.230 e. The van der Waals surface area contributed by atoms with E-state index in [0.717, 1.165) is 27.7 Å². The number of carbonyl (C=O) groups excluding carboxylic acids is 1. The van der Waals surface area contributed by atoms with Crippen LogP contribution in [-0.2, 0) is 6.42 Å². The molecule has 5 aromatic rings. The Bertz CT molecular complexity index is 1550. The van der Waals surface area contributed by atoms with Crippen molar-refractivity contribution in [3.05, 3.63) is 108 Å². The van der Waals surface area contributed by atoms with Crippen molar-refractivity contribution >= 4 is 28.6 Å². The lowest BCUT2D eigenvalue weighted by molar-refractivity contribution is 0.0962. The minimum absolute atomic E-state index is 0.0135. The fraction of sp³-hybridized carbons (Fsp3) is 0.107. The molecule has 0 fully saturated rings. The number of benzene rings is 3. The van der Waals surface area contributed by atoms with Crippen molar-refractivity contribution in [1.29, 1.82) is 0 Å². The van der Waals surface area contributed by atoms with Gasteiger partial charge in [0.1, 0.15) is 5.82 Å². The van der Waals surface area contributed by atoms with E-state index in [1.807, 2.05) is 54.6 Å². The van der Waals surface area contributed by atoms with Crippen LogP contribution in [0, 0.1) is 5.82 Å². The topological polar surface area (TPSA) is 80.7 Å². The minimum atomic E-state index is -0.296. The number of rotatable bonds is 4. The van der Waals surface area contributed by atoms with Crippen molar-refractivity contribution in [1.82, 2.24) is 19.9 Å². The standard InChI is InChI=1S/C28H20FN5O/c29-20-12-10-17(11-13-20)19-14-24-22(25(35)15-19)16-30-27(32-24)34-28-31-23-9-5-4-8-21(23)26(33-28)18-6-2-1-3-7-18/h1-13,16,19H,14-15H2,(H,30,31,32,33,34)/t19-/m0/s1. The van der Waals surface area contributed by atoms with Gasteiger partial charge in [0.05, 0.1) is 22.5 Å². The highest BCUT2D eigenvalue weighted by Gasteiger charge is 2.28. The molecular weight excluding hydrogens is 441 g/mol. The van der Waals surface area contributed by atoms with E-state index >= 15 is 0 Å². The Balaban J connectivity index is 1.34. The number of halogens is 1. The van der Waals surface area contributed by atoms with Crippen molar-refractivity contribution in [2.75, 3.05) is 5.32 Å². The van der Waals surface area contributed by atoms with Crippen LogP contribution in [0.15, 0.2) is 85.1 Å². The van der Waals surface area contributed by atoms with Crippen LogP contribution < -0.4 is 5.32 Å². The Labute approximate surface area is 200 Å². The number of nitrogens with zero attached hydrogens (tertiary/aromatic N) is 4. The van der Waals surface area contributed by atoms with Crippen molar-refractivity contribution in [2.45, 2.75) is 18.8 Å². The number of aromatic nitrogens is 4. The number of hydrogen-bond donors (Lipinski definition) is 1. The first kappa shape index (κ1) is 21.0. The molecule has 0 amide bonds. The normalized spacial score (nSPS) is 15.1. The summed E-state index contributed by atoms with van der Waals surface area (Å²) in [5.74, 6) is 0.334. The Morgan fingerprint density at radius 2 is 1.57 bits per heavy atom. The number of nitrogens with one attached hydrogen (secondary N) is 1. The van der Waals surface area contributed by atoms with Gasteiger partial charge in [-0.2, -0.15) is 0 Å². The summed E-state index contributed by atoms with van der Waals surface area (Å²) >= 11 is 0. The third-order valence-corrected chi connectivity index (χ3v) is 6.26. The van der Waals surface area contributed by atoms with E-state index in [0.29, 0.717) is 36.0 Å². The Morgan fingerprint density at radius 3 is 2.40 bits per heavy atom. The van der Waals surface area contributed by atoms with Crippen molar-refractivity contribution in [3.8, 4) is 11.3 Å². The zero-order chi connectivity index (χ0) is 23.8. The van der Waals surface area contributed by atoms with Crippen molar-refractivity contribution in [3.63, 3.8) is 0 Å². The van der Waals surface area contributed by atoms with Gasteiger partial charge in [0.25, 0.3) is 0 Å². The first-order valence-corrected chi connectivity index (χ1v) is 11.4. The van der Waals surface area contributed by atoms with Crippen LogP contribution in [0.25, 0.3) is 22.2 Å². The first-order valence-electron chi connectivity index (χ1n) is 11.4. The fourth-order valence-electron chi connectivity index (χ4n) is 4.52. The molecule has 35 heavy (non-hydrogen) atoms. The average Bonchev–Trinajstić information content (AvgIpc) is 2.89. The molecule has 0 saturated carbocycles. The number of para-hydroxylation sites is 1. The molecule has 1 N–H and O–H groups in total. The molecule has 0 spiro atoms. The predicted molar refractivity (Wildman–Crippen MR) is 132 cm³/mol. The van der Waals surface area contributed by atoms with E-state index in [2.05, 4.69) is 20.3 Å². The molecule has 2 aromatic heterocycles. The van der Waals surface area contributed by atoms with E-state index in [1.165, 1.54) is 12.1 Å². The third-order valence-electron chi connectivity index (χ3n) is 6.26. The number of ketones is 1. The maximum Gasteiger partial charge on any atom is 0.230 e. The van der Waals surface area contributed by atoms with Gasteiger partial charge in [-0.15, -0.1) is 0 Å². The van der Waals surface area contributed by atoms with Crippen LogP contribution in [0.4, 0.5) is 16.3 Å². The van der Waals surface area contributed by atoms with Crippen LogP contribution in [0.2, 0.25) is 0 Å². The molecule has 7 heteroatoms. The average molecular weight is 462 g/mol. The molecule has 1 aliphatic carbocycles. The molecule has 1 aliphatic rings. The highest BCUT2D eigenvalue weighted by atomic mass is 19.1. The van der Waals surface area contributed by atoms with Gasteiger partial charge in [-0.1, -0.05) is 60.7 Å². The van der Waals surface area contributed by atoms with E-state index in [4.69, 9.17) is 4.98 Å². The van der Waals surface area contributed by atoms with Gasteiger partial charge in [0, 0.05) is 23.6 Å². The van der Waals surface area contributed by atoms with Crippen LogP contribution in [0.3, 0.4) is 0 Å².